The highest BCUT2D eigenvalue weighted by atomic mass is 16.2. The second-order valence-electron chi connectivity index (χ2n) is 13.2. The van der Waals surface area contributed by atoms with Crippen LogP contribution < -0.4 is 21.3 Å². The van der Waals surface area contributed by atoms with Crippen LogP contribution in [0.3, 0.4) is 0 Å². The van der Waals surface area contributed by atoms with E-state index < -0.39 is 77.2 Å². The van der Waals surface area contributed by atoms with E-state index in [1.165, 1.54) is 23.5 Å². The topological polar surface area (TPSA) is 197 Å². The molecule has 0 spiro atoms. The number of aromatic nitrogens is 2. The summed E-state index contributed by atoms with van der Waals surface area (Å²) in [6, 6.07) is -4.25. The predicted octanol–water partition coefficient (Wildman–Crippen LogP) is 0.311. The van der Waals surface area contributed by atoms with Crippen molar-refractivity contribution in [3.05, 3.63) is 24.3 Å². The summed E-state index contributed by atoms with van der Waals surface area (Å²) in [5.41, 5.74) is 0.0319. The number of nitrogens with zero attached hydrogens (tertiary/aromatic N) is 3. The third kappa shape index (κ3) is 7.94. The second-order valence-corrected chi connectivity index (χ2v) is 13.2. The molecule has 2 saturated carbocycles. The largest absolute Gasteiger partial charge is 0.347 e. The van der Waals surface area contributed by atoms with Crippen LogP contribution in [-0.4, -0.2) is 92.7 Å². The molecule has 4 rings (SSSR count). The van der Waals surface area contributed by atoms with Gasteiger partial charge in [0.15, 0.2) is 0 Å². The fraction of sp³-hybridized carbons (Fsp3) is 0.656. The number of fused-ring (bicyclic) bond motifs is 1. The fourth-order valence-corrected chi connectivity index (χ4v) is 6.23. The Morgan fingerprint density at radius 3 is 2.22 bits per heavy atom. The van der Waals surface area contributed by atoms with E-state index in [9.17, 15) is 33.6 Å². The Morgan fingerprint density at radius 1 is 0.935 bits per heavy atom. The van der Waals surface area contributed by atoms with Crippen LogP contribution in [0.2, 0.25) is 0 Å². The van der Waals surface area contributed by atoms with Crippen molar-refractivity contribution >= 4 is 41.1 Å². The quantitative estimate of drug-likeness (QED) is 0.207. The number of hydrogen-bond donors (Lipinski definition) is 4. The molecule has 46 heavy (non-hydrogen) atoms. The van der Waals surface area contributed by atoms with Crippen molar-refractivity contribution in [1.29, 1.82) is 0 Å². The normalized spacial score (nSPS) is 22.5. The van der Waals surface area contributed by atoms with Crippen LogP contribution in [0.5, 0.6) is 0 Å². The fourth-order valence-electron chi connectivity index (χ4n) is 6.23. The molecule has 3 fully saturated rings. The molecule has 0 unspecified atom stereocenters. The minimum Gasteiger partial charge on any atom is -0.347 e. The minimum absolute atomic E-state index is 0.00505. The maximum atomic E-state index is 14.2. The molecule has 2 aliphatic carbocycles. The number of nitrogens with one attached hydrogen (secondary N) is 4. The molecule has 1 saturated heterocycles. The first kappa shape index (κ1) is 34.6. The van der Waals surface area contributed by atoms with Crippen LogP contribution in [0.1, 0.15) is 83.6 Å². The van der Waals surface area contributed by atoms with Gasteiger partial charge in [-0.3, -0.25) is 38.5 Å². The molecule has 0 aromatic carbocycles. The Labute approximate surface area is 268 Å². The van der Waals surface area contributed by atoms with Crippen LogP contribution in [0.4, 0.5) is 0 Å². The van der Waals surface area contributed by atoms with Gasteiger partial charge in [-0.15, -0.1) is 0 Å². The molecule has 0 radical (unpaired) electrons. The Kier molecular flexibility index (Phi) is 11.2. The molecule has 14 heteroatoms. The summed E-state index contributed by atoms with van der Waals surface area (Å²) < 4.78 is 0. The summed E-state index contributed by atoms with van der Waals surface area (Å²) in [7, 11) is 0. The Morgan fingerprint density at radius 2 is 1.63 bits per heavy atom. The number of carbonyl (C=O) groups excluding carboxylic acids is 7. The molecular weight excluding hydrogens is 594 g/mol. The third-order valence-corrected chi connectivity index (χ3v) is 8.95. The van der Waals surface area contributed by atoms with Gasteiger partial charge in [0.05, 0.1) is 12.2 Å². The van der Waals surface area contributed by atoms with Crippen LogP contribution in [-0.2, 0) is 28.8 Å². The zero-order valence-electron chi connectivity index (χ0n) is 27.1. The summed E-state index contributed by atoms with van der Waals surface area (Å²) in [6.07, 6.45) is 7.12. The molecule has 1 aromatic rings. The van der Waals surface area contributed by atoms with Gasteiger partial charge in [0.1, 0.15) is 29.6 Å². The van der Waals surface area contributed by atoms with Gasteiger partial charge in [0.25, 0.3) is 11.8 Å². The molecule has 1 aromatic heterocycles. The van der Waals surface area contributed by atoms with Gasteiger partial charge in [-0.25, -0.2) is 4.98 Å². The van der Waals surface area contributed by atoms with Crippen molar-refractivity contribution in [3.63, 3.8) is 0 Å². The lowest BCUT2D eigenvalue weighted by Gasteiger charge is -2.33. The van der Waals surface area contributed by atoms with Gasteiger partial charge in [-0.2, -0.15) is 0 Å². The second kappa shape index (κ2) is 14.9. The van der Waals surface area contributed by atoms with Gasteiger partial charge >= 0.3 is 0 Å². The van der Waals surface area contributed by atoms with E-state index in [-0.39, 0.29) is 42.8 Å². The molecule has 0 bridgehead atoms. The van der Waals surface area contributed by atoms with Gasteiger partial charge < -0.3 is 26.2 Å². The van der Waals surface area contributed by atoms with Crippen molar-refractivity contribution in [2.45, 2.75) is 103 Å². The van der Waals surface area contributed by atoms with Crippen molar-refractivity contribution in [1.82, 2.24) is 36.1 Å². The highest BCUT2D eigenvalue weighted by Gasteiger charge is 2.54. The van der Waals surface area contributed by atoms with Gasteiger partial charge in [0, 0.05) is 43.2 Å². The van der Waals surface area contributed by atoms with Gasteiger partial charge in [-0.05, 0) is 37.5 Å². The van der Waals surface area contributed by atoms with Gasteiger partial charge in [0.2, 0.25) is 23.5 Å². The maximum absolute atomic E-state index is 14.2. The van der Waals surface area contributed by atoms with Gasteiger partial charge in [-0.1, -0.05) is 41.0 Å². The predicted molar refractivity (Wildman–Crippen MR) is 165 cm³/mol. The molecule has 3 aliphatic rings. The number of amides is 5. The van der Waals surface area contributed by atoms with E-state index >= 15 is 0 Å². The number of carbonyl (C=O) groups is 7. The van der Waals surface area contributed by atoms with Crippen molar-refractivity contribution in [2.75, 3.05) is 6.54 Å². The smallest absolute Gasteiger partial charge is 0.289 e. The SMILES string of the molecule is CCC[C@H](NC(=O)[C@@H]1[C@H]2CCC(=O)[C@H]2CN1C(=O)[C@@H](NC(=O)[C@@H](NC(=O)c1cnccn1)C(C)C)C(C)C)C(=O)C(=O)NC1CC1. The van der Waals surface area contributed by atoms with E-state index in [4.69, 9.17) is 0 Å². The van der Waals surface area contributed by atoms with E-state index in [0.29, 0.717) is 12.8 Å². The molecule has 4 N–H and O–H groups in total. The molecule has 5 amide bonds. The van der Waals surface area contributed by atoms with Crippen LogP contribution in [0, 0.1) is 23.7 Å². The summed E-state index contributed by atoms with van der Waals surface area (Å²) >= 11 is 0. The molecule has 6 atom stereocenters. The van der Waals surface area contributed by atoms with Crippen LogP contribution in [0.25, 0.3) is 0 Å². The molecule has 250 valence electrons. The van der Waals surface area contributed by atoms with E-state index in [2.05, 4.69) is 31.2 Å². The number of likely N-dealkylation sites (tertiary alicyclic amines) is 1. The lowest BCUT2D eigenvalue weighted by molar-refractivity contribution is -0.145. The monoisotopic (exact) mass is 639 g/mol. The zero-order chi connectivity index (χ0) is 33.7. The van der Waals surface area contributed by atoms with E-state index in [0.717, 1.165) is 12.8 Å². The van der Waals surface area contributed by atoms with Crippen molar-refractivity contribution in [2.24, 2.45) is 23.7 Å². The lowest BCUT2D eigenvalue weighted by Crippen LogP contribution is -2.60. The maximum Gasteiger partial charge on any atom is 0.289 e. The van der Waals surface area contributed by atoms with Crippen molar-refractivity contribution in [3.8, 4) is 0 Å². The van der Waals surface area contributed by atoms with E-state index in [1.54, 1.807) is 27.7 Å². The number of ketones is 2. The number of hydrogen-bond acceptors (Lipinski definition) is 9. The number of Topliss-reactive ketones (excluding diaryl/α,β-unsaturated/α-hetero) is 2. The molecular formula is C32H45N7O7. The van der Waals surface area contributed by atoms with Crippen LogP contribution >= 0.6 is 0 Å². The lowest BCUT2D eigenvalue weighted by atomic mass is 9.92. The number of rotatable bonds is 14. The third-order valence-electron chi connectivity index (χ3n) is 8.95. The summed E-state index contributed by atoms with van der Waals surface area (Å²) in [4.78, 5) is 102. The minimum atomic E-state index is -1.08. The Bertz CT molecular complexity index is 1350. The zero-order valence-corrected chi connectivity index (χ0v) is 27.1. The van der Waals surface area contributed by atoms with Crippen molar-refractivity contribution < 1.29 is 33.6 Å². The molecule has 2 heterocycles. The molecule has 1 aliphatic heterocycles. The first-order valence-corrected chi connectivity index (χ1v) is 16.2. The summed E-state index contributed by atoms with van der Waals surface area (Å²) in [5, 5.41) is 10.8. The molecule has 14 nitrogen and oxygen atoms in total. The average Bonchev–Trinajstić information content (AvgIpc) is 3.65. The Balaban J connectivity index is 1.53. The Hall–Kier alpha value is -4.23. The average molecular weight is 640 g/mol. The first-order valence-electron chi connectivity index (χ1n) is 16.2. The van der Waals surface area contributed by atoms with E-state index in [1.807, 2.05) is 6.92 Å². The summed E-state index contributed by atoms with van der Waals surface area (Å²) in [5.74, 6) is -5.63. The van der Waals surface area contributed by atoms with Crippen LogP contribution in [0.15, 0.2) is 18.6 Å². The standard InChI is InChI=1S/C32H45N7O7/c1-6-7-21(27(41)31(45)35-18-8-9-18)36-30(44)26-19-10-11-23(40)20(19)15-39(26)32(46)25(17(4)5)38-29(43)24(16(2)3)37-28(42)22-14-33-12-13-34-22/h12-14,16-21,24-26H,6-11,15H2,1-5H3,(H,35,45)(H,36,44)(H,37,42)(H,38,43)/t19-,20-,21-,24-,25-,26-/m0/s1. The highest BCUT2D eigenvalue weighted by molar-refractivity contribution is 6.38. The summed E-state index contributed by atoms with van der Waals surface area (Å²) in [6.45, 7) is 8.83. The first-order chi connectivity index (χ1) is 21.8. The highest BCUT2D eigenvalue weighted by Crippen LogP contribution is 2.41.